The third kappa shape index (κ3) is 3.93. The molecular formula is C15H23N5O2. The van der Waals surface area contributed by atoms with Gasteiger partial charge in [-0.15, -0.1) is 0 Å². The summed E-state index contributed by atoms with van der Waals surface area (Å²) in [5.74, 6) is 0.442. The molecule has 2 amide bonds. The SMILES string of the molecule is CCCNc1nc(C)cc(C(=O)N2CCN(C(C)=O)CC2)n1. The van der Waals surface area contributed by atoms with Crippen molar-refractivity contribution in [3.05, 3.63) is 17.5 Å². The maximum Gasteiger partial charge on any atom is 0.272 e. The van der Waals surface area contributed by atoms with Gasteiger partial charge in [-0.25, -0.2) is 9.97 Å². The Balaban J connectivity index is 2.06. The highest BCUT2D eigenvalue weighted by Gasteiger charge is 2.24. The molecule has 120 valence electrons. The zero-order chi connectivity index (χ0) is 16.1. The number of rotatable bonds is 4. The highest BCUT2D eigenvalue weighted by atomic mass is 16.2. The summed E-state index contributed by atoms with van der Waals surface area (Å²) in [7, 11) is 0. The van der Waals surface area contributed by atoms with Crippen molar-refractivity contribution in [3.8, 4) is 0 Å². The molecule has 22 heavy (non-hydrogen) atoms. The van der Waals surface area contributed by atoms with Crippen LogP contribution in [0.1, 0.15) is 36.5 Å². The van der Waals surface area contributed by atoms with Gasteiger partial charge >= 0.3 is 0 Å². The second-order valence-corrected chi connectivity index (χ2v) is 5.44. The van der Waals surface area contributed by atoms with Crippen LogP contribution in [0, 0.1) is 6.92 Å². The zero-order valence-electron chi connectivity index (χ0n) is 13.4. The van der Waals surface area contributed by atoms with E-state index in [0.717, 1.165) is 18.7 Å². The Morgan fingerprint density at radius 3 is 2.41 bits per heavy atom. The summed E-state index contributed by atoms with van der Waals surface area (Å²) >= 11 is 0. The predicted molar refractivity (Wildman–Crippen MR) is 83.7 cm³/mol. The fourth-order valence-electron chi connectivity index (χ4n) is 2.38. The van der Waals surface area contributed by atoms with Gasteiger partial charge in [0.2, 0.25) is 11.9 Å². The van der Waals surface area contributed by atoms with Crippen molar-refractivity contribution in [1.29, 1.82) is 0 Å². The molecule has 1 aromatic heterocycles. The molecule has 0 aliphatic carbocycles. The molecule has 0 aromatic carbocycles. The van der Waals surface area contributed by atoms with Gasteiger partial charge in [0.05, 0.1) is 0 Å². The van der Waals surface area contributed by atoms with Crippen molar-refractivity contribution in [2.75, 3.05) is 38.0 Å². The molecule has 2 rings (SSSR count). The highest BCUT2D eigenvalue weighted by molar-refractivity contribution is 5.92. The lowest BCUT2D eigenvalue weighted by Gasteiger charge is -2.34. The van der Waals surface area contributed by atoms with Crippen LogP contribution in [0.15, 0.2) is 6.07 Å². The lowest BCUT2D eigenvalue weighted by atomic mass is 10.2. The summed E-state index contributed by atoms with van der Waals surface area (Å²) in [6.07, 6.45) is 0.966. The van der Waals surface area contributed by atoms with Gasteiger partial charge in [-0.3, -0.25) is 9.59 Å². The maximum absolute atomic E-state index is 12.6. The highest BCUT2D eigenvalue weighted by Crippen LogP contribution is 2.10. The van der Waals surface area contributed by atoms with E-state index in [1.165, 1.54) is 0 Å². The first-order valence-corrected chi connectivity index (χ1v) is 7.65. The maximum atomic E-state index is 12.6. The van der Waals surface area contributed by atoms with Crippen LogP contribution < -0.4 is 5.32 Å². The van der Waals surface area contributed by atoms with Crippen molar-refractivity contribution in [2.45, 2.75) is 27.2 Å². The summed E-state index contributed by atoms with van der Waals surface area (Å²) in [5, 5.41) is 3.11. The van der Waals surface area contributed by atoms with E-state index >= 15 is 0 Å². The number of anilines is 1. The third-order valence-corrected chi connectivity index (χ3v) is 3.62. The fourth-order valence-corrected chi connectivity index (χ4v) is 2.38. The number of hydrogen-bond donors (Lipinski definition) is 1. The van der Waals surface area contributed by atoms with Gasteiger partial charge < -0.3 is 15.1 Å². The smallest absolute Gasteiger partial charge is 0.272 e. The van der Waals surface area contributed by atoms with E-state index in [4.69, 9.17) is 0 Å². The van der Waals surface area contributed by atoms with E-state index in [-0.39, 0.29) is 11.8 Å². The summed E-state index contributed by atoms with van der Waals surface area (Å²) < 4.78 is 0. The van der Waals surface area contributed by atoms with Gasteiger partial charge in [0, 0.05) is 45.3 Å². The molecule has 0 bridgehead atoms. The van der Waals surface area contributed by atoms with E-state index in [1.54, 1.807) is 22.8 Å². The number of aryl methyl sites for hydroxylation is 1. The minimum Gasteiger partial charge on any atom is -0.354 e. The van der Waals surface area contributed by atoms with Gasteiger partial charge in [0.25, 0.3) is 5.91 Å². The standard InChI is InChI=1S/C15H23N5O2/c1-4-5-16-15-17-11(2)10-13(18-15)14(22)20-8-6-19(7-9-20)12(3)21/h10H,4-9H2,1-3H3,(H,16,17,18). The Morgan fingerprint density at radius 1 is 1.18 bits per heavy atom. The molecule has 1 saturated heterocycles. The van der Waals surface area contributed by atoms with Crippen LogP contribution in [-0.4, -0.2) is 64.3 Å². The number of amides is 2. The summed E-state index contributed by atoms with van der Waals surface area (Å²) in [4.78, 5) is 36.0. The number of hydrogen-bond acceptors (Lipinski definition) is 5. The quantitative estimate of drug-likeness (QED) is 0.894. The van der Waals surface area contributed by atoms with Gasteiger partial charge in [0.15, 0.2) is 0 Å². The molecule has 7 nitrogen and oxygen atoms in total. The molecule has 7 heteroatoms. The van der Waals surface area contributed by atoms with E-state index in [0.29, 0.717) is 37.8 Å². The van der Waals surface area contributed by atoms with Gasteiger partial charge in [-0.2, -0.15) is 0 Å². The number of carbonyl (C=O) groups is 2. The molecule has 0 radical (unpaired) electrons. The van der Waals surface area contributed by atoms with E-state index in [1.807, 2.05) is 6.92 Å². The summed E-state index contributed by atoms with van der Waals surface area (Å²) in [5.41, 5.74) is 1.17. The van der Waals surface area contributed by atoms with Crippen LogP contribution in [0.2, 0.25) is 0 Å². The lowest BCUT2D eigenvalue weighted by Crippen LogP contribution is -2.50. The average molecular weight is 305 g/mol. The number of nitrogens with zero attached hydrogens (tertiary/aromatic N) is 4. The molecule has 0 saturated carbocycles. The van der Waals surface area contributed by atoms with Crippen LogP contribution in [0.5, 0.6) is 0 Å². The lowest BCUT2D eigenvalue weighted by molar-refractivity contribution is -0.130. The fraction of sp³-hybridized carbons (Fsp3) is 0.600. The Hall–Kier alpha value is -2.18. The molecule has 1 N–H and O–H groups in total. The molecule has 1 aliphatic heterocycles. The van der Waals surface area contributed by atoms with Gasteiger partial charge in [-0.1, -0.05) is 6.92 Å². The van der Waals surface area contributed by atoms with Crippen molar-refractivity contribution in [3.63, 3.8) is 0 Å². The molecule has 1 aliphatic rings. The van der Waals surface area contributed by atoms with Gasteiger partial charge in [0.1, 0.15) is 5.69 Å². The van der Waals surface area contributed by atoms with Crippen LogP contribution in [-0.2, 0) is 4.79 Å². The van der Waals surface area contributed by atoms with E-state index < -0.39 is 0 Å². The van der Waals surface area contributed by atoms with E-state index in [2.05, 4.69) is 22.2 Å². The second-order valence-electron chi connectivity index (χ2n) is 5.44. The monoisotopic (exact) mass is 305 g/mol. The Kier molecular flexibility index (Phi) is 5.30. The summed E-state index contributed by atoms with van der Waals surface area (Å²) in [6.45, 7) is 8.47. The zero-order valence-corrected chi connectivity index (χ0v) is 13.4. The van der Waals surface area contributed by atoms with Crippen molar-refractivity contribution >= 4 is 17.8 Å². The molecule has 0 spiro atoms. The van der Waals surface area contributed by atoms with Crippen LogP contribution in [0.25, 0.3) is 0 Å². The Bertz CT molecular complexity index is 553. The molecule has 0 atom stereocenters. The Labute approximate surface area is 130 Å². The summed E-state index contributed by atoms with van der Waals surface area (Å²) in [6, 6.07) is 1.71. The van der Waals surface area contributed by atoms with Crippen molar-refractivity contribution in [1.82, 2.24) is 19.8 Å². The first-order valence-electron chi connectivity index (χ1n) is 7.65. The largest absolute Gasteiger partial charge is 0.354 e. The van der Waals surface area contributed by atoms with Crippen LogP contribution in [0.4, 0.5) is 5.95 Å². The normalized spacial score (nSPS) is 14.9. The van der Waals surface area contributed by atoms with Gasteiger partial charge in [-0.05, 0) is 19.4 Å². The minimum absolute atomic E-state index is 0.0519. The molecule has 0 unspecified atom stereocenters. The molecule has 1 fully saturated rings. The number of piperazine rings is 1. The molecular weight excluding hydrogens is 282 g/mol. The first-order chi connectivity index (χ1) is 10.5. The molecule has 1 aromatic rings. The second kappa shape index (κ2) is 7.20. The number of aromatic nitrogens is 2. The first kappa shape index (κ1) is 16.2. The minimum atomic E-state index is -0.103. The number of carbonyl (C=O) groups excluding carboxylic acids is 2. The van der Waals surface area contributed by atoms with Crippen molar-refractivity contribution < 1.29 is 9.59 Å². The molecule has 2 heterocycles. The average Bonchev–Trinajstić information content (AvgIpc) is 2.51. The van der Waals surface area contributed by atoms with Crippen LogP contribution in [0.3, 0.4) is 0 Å². The van der Waals surface area contributed by atoms with Crippen LogP contribution >= 0.6 is 0 Å². The topological polar surface area (TPSA) is 78.4 Å². The Morgan fingerprint density at radius 2 is 1.82 bits per heavy atom. The number of nitrogens with one attached hydrogen (secondary N) is 1. The third-order valence-electron chi connectivity index (χ3n) is 3.62. The van der Waals surface area contributed by atoms with Crippen molar-refractivity contribution in [2.24, 2.45) is 0 Å². The van der Waals surface area contributed by atoms with E-state index in [9.17, 15) is 9.59 Å². The predicted octanol–water partition coefficient (Wildman–Crippen LogP) is 0.911.